The highest BCUT2D eigenvalue weighted by Crippen LogP contribution is 2.19. The molecule has 94 valence electrons. The number of imidazole rings is 1. The molecule has 1 fully saturated rings. The average molecular weight is 237 g/mol. The summed E-state index contributed by atoms with van der Waals surface area (Å²) in [6.45, 7) is 2.90. The highest BCUT2D eigenvalue weighted by atomic mass is 16.4. The van der Waals surface area contributed by atoms with Crippen molar-refractivity contribution in [3.05, 3.63) is 18.2 Å². The molecule has 1 saturated heterocycles. The van der Waals surface area contributed by atoms with Crippen LogP contribution in [0.2, 0.25) is 0 Å². The molecule has 1 aromatic rings. The first kappa shape index (κ1) is 12.1. The Morgan fingerprint density at radius 2 is 2.47 bits per heavy atom. The Labute approximate surface area is 101 Å². The second kappa shape index (κ2) is 5.31. The summed E-state index contributed by atoms with van der Waals surface area (Å²) in [5, 5.41) is 8.74. The number of rotatable bonds is 5. The third kappa shape index (κ3) is 3.30. The van der Waals surface area contributed by atoms with Crippen LogP contribution in [0.3, 0.4) is 0 Å². The van der Waals surface area contributed by atoms with Gasteiger partial charge >= 0.3 is 5.97 Å². The number of carboxylic acid groups (broad SMARTS) is 1. The largest absolute Gasteiger partial charge is 0.481 e. The lowest BCUT2D eigenvalue weighted by Crippen LogP contribution is -2.24. The summed E-state index contributed by atoms with van der Waals surface area (Å²) in [7, 11) is 2.00. The van der Waals surface area contributed by atoms with Gasteiger partial charge in [0.1, 0.15) is 5.82 Å². The van der Waals surface area contributed by atoms with E-state index in [4.69, 9.17) is 5.11 Å². The number of aliphatic carboxylic acids is 1. The second-order valence-corrected chi connectivity index (χ2v) is 4.76. The van der Waals surface area contributed by atoms with Crippen LogP contribution < -0.4 is 0 Å². The van der Waals surface area contributed by atoms with Crippen LogP contribution in [0.5, 0.6) is 0 Å². The van der Waals surface area contributed by atoms with Gasteiger partial charge in [0.05, 0.1) is 0 Å². The van der Waals surface area contributed by atoms with Gasteiger partial charge in [-0.25, -0.2) is 4.98 Å². The zero-order valence-corrected chi connectivity index (χ0v) is 10.2. The van der Waals surface area contributed by atoms with E-state index in [2.05, 4.69) is 9.88 Å². The fourth-order valence-electron chi connectivity index (χ4n) is 2.43. The van der Waals surface area contributed by atoms with Crippen LogP contribution >= 0.6 is 0 Å². The minimum absolute atomic E-state index is 0.304. The van der Waals surface area contributed by atoms with Gasteiger partial charge in [-0.15, -0.1) is 0 Å². The van der Waals surface area contributed by atoms with Crippen molar-refractivity contribution in [3.63, 3.8) is 0 Å². The van der Waals surface area contributed by atoms with E-state index in [0.29, 0.717) is 12.3 Å². The summed E-state index contributed by atoms with van der Waals surface area (Å²) < 4.78 is 2.03. The van der Waals surface area contributed by atoms with Crippen LogP contribution in [0.1, 0.15) is 18.7 Å². The van der Waals surface area contributed by atoms with Gasteiger partial charge in [0, 0.05) is 45.4 Å². The Morgan fingerprint density at radius 3 is 3.12 bits per heavy atom. The van der Waals surface area contributed by atoms with Gasteiger partial charge in [0.25, 0.3) is 0 Å². The third-order valence-corrected chi connectivity index (χ3v) is 3.41. The highest BCUT2D eigenvalue weighted by Gasteiger charge is 2.24. The summed E-state index contributed by atoms with van der Waals surface area (Å²) in [5.41, 5.74) is 0. The average Bonchev–Trinajstić information content (AvgIpc) is 2.84. The van der Waals surface area contributed by atoms with Crippen LogP contribution in [0.15, 0.2) is 12.4 Å². The van der Waals surface area contributed by atoms with Crippen molar-refractivity contribution in [3.8, 4) is 0 Å². The SMILES string of the molecule is Cn1ccnc1CCN1CCC(CC(=O)O)C1. The highest BCUT2D eigenvalue weighted by molar-refractivity contribution is 5.67. The minimum atomic E-state index is -0.680. The molecular weight excluding hydrogens is 218 g/mol. The van der Waals surface area contributed by atoms with E-state index in [1.165, 1.54) is 0 Å². The summed E-state index contributed by atoms with van der Waals surface area (Å²) in [5.74, 6) is 0.738. The maximum absolute atomic E-state index is 10.6. The number of hydrogen-bond donors (Lipinski definition) is 1. The number of likely N-dealkylation sites (tertiary alicyclic amines) is 1. The van der Waals surface area contributed by atoms with Crippen molar-refractivity contribution >= 4 is 5.97 Å². The van der Waals surface area contributed by atoms with Crippen LogP contribution in [0, 0.1) is 5.92 Å². The maximum Gasteiger partial charge on any atom is 0.303 e. The number of hydrogen-bond acceptors (Lipinski definition) is 3. The Kier molecular flexibility index (Phi) is 3.78. The van der Waals surface area contributed by atoms with Crippen molar-refractivity contribution in [1.82, 2.24) is 14.5 Å². The molecule has 0 amide bonds. The molecule has 0 saturated carbocycles. The van der Waals surface area contributed by atoms with Crippen LogP contribution in [-0.4, -0.2) is 45.2 Å². The predicted molar refractivity (Wildman–Crippen MR) is 63.7 cm³/mol. The molecular formula is C12H19N3O2. The van der Waals surface area contributed by atoms with Crippen molar-refractivity contribution in [2.75, 3.05) is 19.6 Å². The summed E-state index contributed by atoms with van der Waals surface area (Å²) in [6.07, 6.45) is 6.01. The Morgan fingerprint density at radius 1 is 1.65 bits per heavy atom. The molecule has 0 aromatic carbocycles. The lowest BCUT2D eigenvalue weighted by Gasteiger charge is -2.15. The standard InChI is InChI=1S/C12H19N3O2/c1-14-7-4-13-11(14)3-6-15-5-2-10(9-15)8-12(16)17/h4,7,10H,2-3,5-6,8-9H2,1H3,(H,16,17). The molecule has 0 radical (unpaired) electrons. The van der Waals surface area contributed by atoms with E-state index in [1.807, 2.05) is 24.0 Å². The van der Waals surface area contributed by atoms with Crippen LogP contribution in [0.4, 0.5) is 0 Å². The smallest absolute Gasteiger partial charge is 0.303 e. The Balaban J connectivity index is 1.75. The molecule has 2 rings (SSSR count). The topological polar surface area (TPSA) is 58.4 Å². The van der Waals surface area contributed by atoms with Gasteiger partial charge in [-0.3, -0.25) is 4.79 Å². The Hall–Kier alpha value is -1.36. The molecule has 5 nitrogen and oxygen atoms in total. The fraction of sp³-hybridized carbons (Fsp3) is 0.667. The molecule has 0 aliphatic carbocycles. The third-order valence-electron chi connectivity index (χ3n) is 3.41. The van der Waals surface area contributed by atoms with E-state index in [-0.39, 0.29) is 0 Å². The van der Waals surface area contributed by atoms with E-state index in [1.54, 1.807) is 0 Å². The Bertz CT molecular complexity index is 389. The van der Waals surface area contributed by atoms with Gasteiger partial charge < -0.3 is 14.6 Å². The van der Waals surface area contributed by atoms with Crippen molar-refractivity contribution < 1.29 is 9.90 Å². The molecule has 0 bridgehead atoms. The normalized spacial score (nSPS) is 20.9. The summed E-state index contributed by atoms with van der Waals surface area (Å²) >= 11 is 0. The van der Waals surface area contributed by atoms with E-state index >= 15 is 0 Å². The molecule has 0 spiro atoms. The van der Waals surface area contributed by atoms with Crippen molar-refractivity contribution in [2.45, 2.75) is 19.3 Å². The molecule has 1 N–H and O–H groups in total. The zero-order chi connectivity index (χ0) is 12.3. The number of nitrogens with zero attached hydrogens (tertiary/aromatic N) is 3. The molecule has 1 atom stereocenters. The van der Waals surface area contributed by atoms with Gasteiger partial charge in [-0.05, 0) is 18.9 Å². The van der Waals surface area contributed by atoms with Gasteiger partial charge in [-0.1, -0.05) is 0 Å². The summed E-state index contributed by atoms with van der Waals surface area (Å²) in [4.78, 5) is 17.2. The molecule has 5 heteroatoms. The lowest BCUT2D eigenvalue weighted by atomic mass is 10.1. The fourth-order valence-corrected chi connectivity index (χ4v) is 2.43. The van der Waals surface area contributed by atoms with Gasteiger partial charge in [0.15, 0.2) is 0 Å². The molecule has 1 aliphatic heterocycles. The van der Waals surface area contributed by atoms with Crippen LogP contribution in [-0.2, 0) is 18.3 Å². The molecule has 1 aliphatic rings. The molecule has 17 heavy (non-hydrogen) atoms. The number of aromatic nitrogens is 2. The maximum atomic E-state index is 10.6. The van der Waals surface area contributed by atoms with Crippen LogP contribution in [0.25, 0.3) is 0 Å². The van der Waals surface area contributed by atoms with E-state index in [0.717, 1.165) is 38.3 Å². The molecule has 2 heterocycles. The quantitative estimate of drug-likeness (QED) is 0.821. The lowest BCUT2D eigenvalue weighted by molar-refractivity contribution is -0.138. The number of aryl methyl sites for hydroxylation is 1. The van der Waals surface area contributed by atoms with E-state index < -0.39 is 5.97 Å². The number of carbonyl (C=O) groups is 1. The van der Waals surface area contributed by atoms with Crippen molar-refractivity contribution in [2.24, 2.45) is 13.0 Å². The second-order valence-electron chi connectivity index (χ2n) is 4.76. The first-order valence-corrected chi connectivity index (χ1v) is 6.05. The predicted octanol–water partition coefficient (Wildman–Crippen LogP) is 0.759. The van der Waals surface area contributed by atoms with Gasteiger partial charge in [0.2, 0.25) is 0 Å². The monoisotopic (exact) mass is 237 g/mol. The molecule has 1 unspecified atom stereocenters. The zero-order valence-electron chi connectivity index (χ0n) is 10.2. The van der Waals surface area contributed by atoms with Gasteiger partial charge in [-0.2, -0.15) is 0 Å². The first-order chi connectivity index (χ1) is 8.15. The first-order valence-electron chi connectivity index (χ1n) is 6.05. The number of carboxylic acids is 1. The molecule has 1 aromatic heterocycles. The van der Waals surface area contributed by atoms with Crippen molar-refractivity contribution in [1.29, 1.82) is 0 Å². The summed E-state index contributed by atoms with van der Waals surface area (Å²) in [6, 6.07) is 0. The minimum Gasteiger partial charge on any atom is -0.481 e. The van der Waals surface area contributed by atoms with E-state index in [9.17, 15) is 4.79 Å².